The van der Waals surface area contributed by atoms with Crippen LogP contribution in [0.15, 0.2) is 47.8 Å². The van der Waals surface area contributed by atoms with Gasteiger partial charge in [-0.3, -0.25) is 67.3 Å². The van der Waals surface area contributed by atoms with Gasteiger partial charge in [0.1, 0.15) is 60.4 Å². The molecule has 1 aliphatic heterocycles. The largest absolute Gasteiger partial charge is 0.481 e. The molecule has 12 amide bonds. The maximum atomic E-state index is 14.6. The van der Waals surface area contributed by atoms with Gasteiger partial charge in [-0.1, -0.05) is 71.9 Å². The number of aromatic nitrogens is 2. The fraction of sp³-hybridized carbons (Fsp3) is 0.642. The van der Waals surface area contributed by atoms with Crippen LogP contribution in [0.1, 0.15) is 143 Å². The maximum absolute atomic E-state index is 14.6. The second-order valence-corrected chi connectivity index (χ2v) is 26.9. The average molecular weight is 1470 g/mol. The monoisotopic (exact) mass is 1470 g/mol. The van der Waals surface area contributed by atoms with Gasteiger partial charge < -0.3 is 112 Å². The van der Waals surface area contributed by atoms with Crippen LogP contribution in [0.5, 0.6) is 0 Å². The third kappa shape index (κ3) is 33.1. The van der Waals surface area contributed by atoms with Gasteiger partial charge in [0.05, 0.1) is 38.5 Å². The summed E-state index contributed by atoms with van der Waals surface area (Å²) in [5, 5.41) is 57.7. The number of rotatable bonds is 49. The molecule has 104 heavy (non-hydrogen) atoms. The lowest BCUT2D eigenvalue weighted by Gasteiger charge is -2.30. The van der Waals surface area contributed by atoms with Crippen molar-refractivity contribution in [2.45, 2.75) is 211 Å². The highest BCUT2D eigenvalue weighted by Crippen LogP contribution is 2.21. The SMILES string of the molecule is CC(C)CC(NC(=O)C(CO)NC(=O)C(N)Cc1cnc[nH]1)C(=O)NCC(=O)NC(CCCCN)C(=O)NC(CC(C)C)C(=O)NC(CC(C)C)C(=O)NCC(=O)NC(CCCN=C(N)N)C(=O)N1CCCC1C(=O)NC(CC(=O)O)C(=O)NC(CCCCN)C(=O)NC(Cc1ccccc1)C(=O)O. The number of carboxylic acids is 2. The molecular weight excluding hydrogens is 1360 g/mol. The van der Waals surface area contributed by atoms with E-state index >= 15 is 0 Å². The summed E-state index contributed by atoms with van der Waals surface area (Å²) in [6, 6.07) is -6.63. The number of hydrogen-bond acceptors (Lipinski definition) is 20. The van der Waals surface area contributed by atoms with E-state index in [0.717, 1.165) is 4.90 Å². The van der Waals surface area contributed by atoms with E-state index in [9.17, 15) is 82.4 Å². The fourth-order valence-corrected chi connectivity index (χ4v) is 11.2. The summed E-state index contributed by atoms with van der Waals surface area (Å²) >= 11 is 0. The van der Waals surface area contributed by atoms with Crippen LogP contribution in [-0.4, -0.2) is 231 Å². The zero-order valence-electron chi connectivity index (χ0n) is 60.2. The lowest BCUT2D eigenvalue weighted by molar-refractivity contribution is -0.144. The Bertz CT molecular complexity index is 3170. The minimum atomic E-state index is -1.81. The van der Waals surface area contributed by atoms with Gasteiger partial charge in [0.25, 0.3) is 0 Å². The van der Waals surface area contributed by atoms with Crippen LogP contribution in [0.3, 0.4) is 0 Å². The molecule has 2 heterocycles. The molecule has 0 saturated carbocycles. The van der Waals surface area contributed by atoms with Gasteiger partial charge in [0.15, 0.2) is 5.96 Å². The van der Waals surface area contributed by atoms with Gasteiger partial charge in [0, 0.05) is 37.8 Å². The summed E-state index contributed by atoms with van der Waals surface area (Å²) < 4.78 is 0. The third-order valence-corrected chi connectivity index (χ3v) is 16.5. The Balaban J connectivity index is 1.76. The Kier molecular flexibility index (Phi) is 39.6. The average Bonchev–Trinajstić information content (AvgIpc) is 1.53. The summed E-state index contributed by atoms with van der Waals surface area (Å²) in [5.41, 5.74) is 29.7. The minimum Gasteiger partial charge on any atom is -0.481 e. The summed E-state index contributed by atoms with van der Waals surface area (Å²) in [6.07, 6.45) is 3.71. The minimum absolute atomic E-state index is 0.00337. The van der Waals surface area contributed by atoms with Crippen LogP contribution in [-0.2, 0) is 80.0 Å². The van der Waals surface area contributed by atoms with E-state index in [1.165, 1.54) is 12.5 Å². The lowest BCUT2D eigenvalue weighted by Crippen LogP contribution is -2.59. The first kappa shape index (κ1) is 88.3. The molecule has 11 atom stereocenters. The number of benzene rings is 1. The molecule has 1 aromatic heterocycles. The van der Waals surface area contributed by atoms with Crippen LogP contribution in [0.4, 0.5) is 0 Å². The number of carbonyl (C=O) groups is 14. The number of aliphatic hydroxyl groups excluding tert-OH is 1. The fourth-order valence-electron chi connectivity index (χ4n) is 11.2. The number of imidazole rings is 1. The van der Waals surface area contributed by atoms with Gasteiger partial charge in [0.2, 0.25) is 70.9 Å². The Morgan fingerprint density at radius 2 is 1.02 bits per heavy atom. The number of unbranched alkanes of at least 4 members (excludes halogenated alkanes) is 2. The molecule has 37 nitrogen and oxygen atoms in total. The number of amides is 12. The van der Waals surface area contributed by atoms with Crippen molar-refractivity contribution >= 4 is 88.8 Å². The molecule has 0 radical (unpaired) electrons. The number of nitrogens with one attached hydrogen (secondary N) is 12. The van der Waals surface area contributed by atoms with Crippen LogP contribution in [0.25, 0.3) is 0 Å². The highest BCUT2D eigenvalue weighted by molar-refractivity contribution is 5.99. The number of nitrogens with zero attached hydrogens (tertiary/aromatic N) is 3. The summed E-state index contributed by atoms with van der Waals surface area (Å²) in [6.45, 7) is 8.79. The Morgan fingerprint density at radius 1 is 0.558 bits per heavy atom. The van der Waals surface area contributed by atoms with Gasteiger partial charge in [-0.25, -0.2) is 9.78 Å². The van der Waals surface area contributed by atoms with Gasteiger partial charge in [-0.15, -0.1) is 0 Å². The zero-order chi connectivity index (χ0) is 77.6. The maximum Gasteiger partial charge on any atom is 0.326 e. The first-order chi connectivity index (χ1) is 49.3. The van der Waals surface area contributed by atoms with Crippen molar-refractivity contribution < 1.29 is 82.4 Å². The Morgan fingerprint density at radius 3 is 1.50 bits per heavy atom. The highest BCUT2D eigenvalue weighted by atomic mass is 16.4. The van der Waals surface area contributed by atoms with Crippen LogP contribution in [0, 0.1) is 17.8 Å². The van der Waals surface area contributed by atoms with E-state index in [1.54, 1.807) is 71.9 Å². The number of aromatic amines is 1. The normalized spacial score (nSPS) is 15.5. The zero-order valence-corrected chi connectivity index (χ0v) is 60.2. The molecule has 0 aliphatic carbocycles. The Hall–Kier alpha value is -9.88. The summed E-state index contributed by atoms with van der Waals surface area (Å²) in [5.74, 6) is -14.1. The number of carbonyl (C=O) groups excluding carboxylic acids is 12. The highest BCUT2D eigenvalue weighted by Gasteiger charge is 2.41. The van der Waals surface area contributed by atoms with Crippen molar-refractivity contribution in [3.05, 3.63) is 54.1 Å². The molecule has 37 heteroatoms. The topological polar surface area (TPSA) is 606 Å². The van der Waals surface area contributed by atoms with E-state index in [4.69, 9.17) is 28.7 Å². The van der Waals surface area contributed by atoms with Crippen LogP contribution >= 0.6 is 0 Å². The number of aliphatic carboxylic acids is 2. The number of carboxylic acid groups (broad SMARTS) is 2. The van der Waals surface area contributed by atoms with Crippen LogP contribution < -0.4 is 87.2 Å². The van der Waals surface area contributed by atoms with Crippen molar-refractivity contribution in [2.75, 3.05) is 45.9 Å². The van der Waals surface area contributed by atoms with Crippen molar-refractivity contribution in [1.29, 1.82) is 0 Å². The lowest BCUT2D eigenvalue weighted by atomic mass is 9.99. The number of guanidine groups is 1. The van der Waals surface area contributed by atoms with E-state index in [-0.39, 0.29) is 127 Å². The third-order valence-electron chi connectivity index (χ3n) is 16.5. The molecule has 1 fully saturated rings. The Labute approximate surface area is 604 Å². The van der Waals surface area contributed by atoms with E-state index in [2.05, 4.69) is 73.4 Å². The van der Waals surface area contributed by atoms with E-state index in [1.807, 2.05) is 0 Å². The van der Waals surface area contributed by atoms with Gasteiger partial charge >= 0.3 is 11.9 Å². The molecule has 1 aliphatic rings. The molecule has 0 bridgehead atoms. The second kappa shape index (κ2) is 46.7. The first-order valence-corrected chi connectivity index (χ1v) is 35.1. The smallest absolute Gasteiger partial charge is 0.326 e. The molecule has 0 spiro atoms. The predicted molar refractivity (Wildman–Crippen MR) is 380 cm³/mol. The quantitative estimate of drug-likeness (QED) is 0.0168. The number of likely N-dealkylation sites (tertiary alicyclic amines) is 1. The molecule has 1 aromatic carbocycles. The molecule has 580 valence electrons. The number of nitrogens with two attached hydrogens (primary N) is 5. The van der Waals surface area contributed by atoms with E-state index in [0.29, 0.717) is 30.5 Å². The number of aliphatic imine (C=N–C) groups is 1. The van der Waals surface area contributed by atoms with Crippen LogP contribution in [0.2, 0.25) is 0 Å². The first-order valence-electron chi connectivity index (χ1n) is 35.1. The number of hydrogen-bond donors (Lipinski definition) is 20. The summed E-state index contributed by atoms with van der Waals surface area (Å²) in [4.78, 5) is 202. The van der Waals surface area contributed by atoms with Crippen molar-refractivity contribution in [1.82, 2.24) is 73.4 Å². The molecule has 25 N–H and O–H groups in total. The molecule has 11 unspecified atom stereocenters. The number of H-pyrrole nitrogens is 1. The molecule has 2 aromatic rings. The second-order valence-electron chi connectivity index (χ2n) is 26.9. The number of aliphatic hydroxyl groups is 1. The molecule has 1 saturated heterocycles. The predicted octanol–water partition coefficient (Wildman–Crippen LogP) is -4.89. The van der Waals surface area contributed by atoms with Gasteiger partial charge in [-0.05, 0) is 120 Å². The molecule has 3 rings (SSSR count). The standard InChI is InChI=1S/C67H110N20O17/c1-37(2)26-46(81-61(98)48(28-39(5)6)83-59(96)43(18-10-12-22-68)78-53(89)33-75-58(95)47(27-38(3)4)82-63(100)51(35-88)86-56(93)42(70)30-41-32-73-36-77-41)57(94)76-34-54(90)79-45(20-14-24-74-67(71)72)65(102)87-25-15-21-52(87)64(101)84-49(31-55(91)92)62(99)80-44(19-11-13-23-69)60(97)85-50(66(103)104)29-40-16-8-7-9-17-40/h7-9,16-17,32,36-39,42-52,88H,10-15,18-31,33-35,68-70H2,1-6H3,(H,73,77)(H,75,95)(H,76,94)(H,78,89)(H,79,90)(H,80,99)(H,81,98)(H,82,100)(H,83,96)(H,84,101)(H,85,97)(H,86,93)(H,91,92)(H,103,104)(H4,71,72,74). The van der Waals surface area contributed by atoms with Crippen molar-refractivity contribution in [2.24, 2.45) is 51.4 Å². The van der Waals surface area contributed by atoms with E-state index < -0.39 is 175 Å². The van der Waals surface area contributed by atoms with Crippen molar-refractivity contribution in [3.63, 3.8) is 0 Å². The van der Waals surface area contributed by atoms with Crippen molar-refractivity contribution in [3.8, 4) is 0 Å². The van der Waals surface area contributed by atoms with Gasteiger partial charge in [-0.2, -0.15) is 0 Å². The molecular formula is C67H110N20O17. The summed E-state index contributed by atoms with van der Waals surface area (Å²) in [7, 11) is 0.